The number of nitrogens with zero attached hydrogens (tertiary/aromatic N) is 5. The third-order valence-electron chi connectivity index (χ3n) is 4.11. The van der Waals surface area contributed by atoms with Crippen LogP contribution in [0, 0.1) is 6.92 Å². The Bertz CT molecular complexity index is 1050. The Hall–Kier alpha value is -3.42. The molecule has 0 aliphatic heterocycles. The van der Waals surface area contributed by atoms with E-state index in [9.17, 15) is 4.79 Å². The van der Waals surface area contributed by atoms with Gasteiger partial charge in [-0.2, -0.15) is 0 Å². The van der Waals surface area contributed by atoms with Gasteiger partial charge in [-0.25, -0.2) is 4.98 Å². The highest BCUT2D eigenvalue weighted by atomic mass is 32.1. The highest BCUT2D eigenvalue weighted by molar-refractivity contribution is 7.15. The number of rotatable bonds is 9. The molecule has 0 saturated heterocycles. The Morgan fingerprint density at radius 1 is 1.30 bits per heavy atom. The maximum absolute atomic E-state index is 12.4. The molecule has 0 fully saturated rings. The van der Waals surface area contributed by atoms with Crippen molar-refractivity contribution in [2.45, 2.75) is 39.3 Å². The Balaban J connectivity index is 1.72. The maximum atomic E-state index is 12.4. The number of hydrogen-bond donors (Lipinski definition) is 1. The number of azide groups is 1. The fraction of sp³-hybridized carbons (Fsp3) is 0.286. The average molecular weight is 423 g/mol. The predicted octanol–water partition coefficient (Wildman–Crippen LogP) is 4.85. The van der Waals surface area contributed by atoms with Crippen LogP contribution in [0.2, 0.25) is 0 Å². The molecule has 1 aromatic carbocycles. The molecule has 0 spiro atoms. The second kappa shape index (κ2) is 10.4. The van der Waals surface area contributed by atoms with Crippen molar-refractivity contribution in [1.29, 1.82) is 0 Å². The first kappa shape index (κ1) is 21.3. The van der Waals surface area contributed by atoms with Crippen molar-refractivity contribution in [2.75, 3.05) is 5.32 Å². The topological polar surface area (TPSA) is 113 Å². The lowest BCUT2D eigenvalue weighted by Crippen LogP contribution is -2.17. The van der Waals surface area contributed by atoms with Crippen molar-refractivity contribution >= 4 is 22.4 Å². The number of anilines is 1. The van der Waals surface area contributed by atoms with Crippen molar-refractivity contribution in [2.24, 2.45) is 5.11 Å². The fourth-order valence-electron chi connectivity index (χ4n) is 2.92. The molecule has 154 valence electrons. The molecule has 3 aromatic rings. The molecule has 0 unspecified atom stereocenters. The standard InChI is InChI=1S/C21H22N6O2S/c1-14(8-16-6-4-3-5-7-16)29-19-9-17(25-18(10-19)13-24-27-22)11-20(28)26-21-23-12-15(2)30-21/h3-7,9-10,12,14H,8,11,13H2,1-2H3,(H,23,26,28)/t14-/m0/s1. The Morgan fingerprint density at radius 3 is 2.77 bits per heavy atom. The Morgan fingerprint density at radius 2 is 2.07 bits per heavy atom. The predicted molar refractivity (Wildman–Crippen MR) is 117 cm³/mol. The van der Waals surface area contributed by atoms with E-state index in [2.05, 4.69) is 37.4 Å². The van der Waals surface area contributed by atoms with Gasteiger partial charge in [-0.15, -0.1) is 11.3 Å². The number of pyridine rings is 1. The molecule has 0 saturated carbocycles. The van der Waals surface area contributed by atoms with E-state index in [0.717, 1.165) is 11.3 Å². The van der Waals surface area contributed by atoms with E-state index >= 15 is 0 Å². The second-order valence-electron chi connectivity index (χ2n) is 6.79. The van der Waals surface area contributed by atoms with Crippen LogP contribution in [0.5, 0.6) is 5.75 Å². The van der Waals surface area contributed by atoms with E-state index in [4.69, 9.17) is 10.3 Å². The molecule has 30 heavy (non-hydrogen) atoms. The number of ether oxygens (including phenoxy) is 1. The Kier molecular flexibility index (Phi) is 7.37. The maximum Gasteiger partial charge on any atom is 0.232 e. The van der Waals surface area contributed by atoms with Crippen molar-refractivity contribution in [1.82, 2.24) is 9.97 Å². The van der Waals surface area contributed by atoms with Crippen LogP contribution >= 0.6 is 11.3 Å². The van der Waals surface area contributed by atoms with Gasteiger partial charge in [0.1, 0.15) is 5.75 Å². The van der Waals surface area contributed by atoms with Crippen LogP contribution in [0.4, 0.5) is 5.13 Å². The number of aryl methyl sites for hydroxylation is 1. The summed E-state index contributed by atoms with van der Waals surface area (Å²) in [6, 6.07) is 13.5. The molecular formula is C21H22N6O2S. The quantitative estimate of drug-likeness (QED) is 0.302. The normalized spacial score (nSPS) is 11.4. The number of thiazole rings is 1. The van der Waals surface area contributed by atoms with Gasteiger partial charge >= 0.3 is 0 Å². The second-order valence-corrected chi connectivity index (χ2v) is 8.03. The highest BCUT2D eigenvalue weighted by Gasteiger charge is 2.12. The van der Waals surface area contributed by atoms with Gasteiger partial charge < -0.3 is 10.1 Å². The van der Waals surface area contributed by atoms with Crippen LogP contribution < -0.4 is 10.1 Å². The molecule has 1 amide bonds. The summed E-state index contributed by atoms with van der Waals surface area (Å²) in [6.07, 6.45) is 2.43. The molecule has 9 heteroatoms. The van der Waals surface area contributed by atoms with Gasteiger partial charge in [-0.3, -0.25) is 9.78 Å². The van der Waals surface area contributed by atoms with E-state index in [-0.39, 0.29) is 25.0 Å². The van der Waals surface area contributed by atoms with Crippen molar-refractivity contribution in [3.8, 4) is 5.75 Å². The summed E-state index contributed by atoms with van der Waals surface area (Å²) in [4.78, 5) is 24.7. The average Bonchev–Trinajstić information content (AvgIpc) is 3.11. The summed E-state index contributed by atoms with van der Waals surface area (Å²) in [5.41, 5.74) is 10.9. The van der Waals surface area contributed by atoms with Crippen molar-refractivity contribution in [3.05, 3.63) is 80.9 Å². The first-order valence-corrected chi connectivity index (χ1v) is 10.3. The molecule has 2 aromatic heterocycles. The molecule has 0 radical (unpaired) electrons. The molecule has 1 N–H and O–H groups in total. The van der Waals surface area contributed by atoms with Crippen LogP contribution in [0.3, 0.4) is 0 Å². The van der Waals surface area contributed by atoms with Gasteiger partial charge in [0, 0.05) is 34.5 Å². The lowest BCUT2D eigenvalue weighted by Gasteiger charge is -2.16. The number of aromatic nitrogens is 2. The highest BCUT2D eigenvalue weighted by Crippen LogP contribution is 2.20. The van der Waals surface area contributed by atoms with E-state index in [1.54, 1.807) is 18.3 Å². The number of amides is 1. The zero-order valence-electron chi connectivity index (χ0n) is 16.8. The fourth-order valence-corrected chi connectivity index (χ4v) is 3.60. The van der Waals surface area contributed by atoms with Gasteiger partial charge in [0.15, 0.2) is 5.13 Å². The summed E-state index contributed by atoms with van der Waals surface area (Å²) in [5.74, 6) is 0.366. The zero-order chi connectivity index (χ0) is 21.3. The van der Waals surface area contributed by atoms with E-state index in [0.29, 0.717) is 22.3 Å². The summed E-state index contributed by atoms with van der Waals surface area (Å²) in [6.45, 7) is 3.99. The monoisotopic (exact) mass is 422 g/mol. The number of hydrogen-bond acceptors (Lipinski definition) is 6. The molecular weight excluding hydrogens is 400 g/mol. The van der Waals surface area contributed by atoms with Crippen LogP contribution in [0.25, 0.3) is 10.4 Å². The van der Waals surface area contributed by atoms with Gasteiger partial charge in [0.25, 0.3) is 0 Å². The summed E-state index contributed by atoms with van der Waals surface area (Å²) in [7, 11) is 0. The molecule has 2 heterocycles. The number of nitrogens with one attached hydrogen (secondary N) is 1. The molecule has 0 bridgehead atoms. The third-order valence-corrected chi connectivity index (χ3v) is 4.94. The largest absolute Gasteiger partial charge is 0.490 e. The van der Waals surface area contributed by atoms with Crippen LogP contribution in [-0.2, 0) is 24.2 Å². The zero-order valence-corrected chi connectivity index (χ0v) is 17.6. The van der Waals surface area contributed by atoms with Crippen molar-refractivity contribution in [3.63, 3.8) is 0 Å². The van der Waals surface area contributed by atoms with E-state index < -0.39 is 0 Å². The van der Waals surface area contributed by atoms with Crippen molar-refractivity contribution < 1.29 is 9.53 Å². The number of carbonyl (C=O) groups excluding carboxylic acids is 1. The SMILES string of the molecule is Cc1cnc(NC(=O)Cc2cc(O[C@@H](C)Cc3ccccc3)cc(CN=[N+]=[N-])n2)s1. The minimum absolute atomic E-state index is 0.0617. The van der Waals surface area contributed by atoms with Crippen LogP contribution in [0.1, 0.15) is 28.8 Å². The minimum atomic E-state index is -0.221. The molecule has 0 aliphatic rings. The summed E-state index contributed by atoms with van der Waals surface area (Å²) < 4.78 is 6.07. The van der Waals surface area contributed by atoms with Crippen LogP contribution in [0.15, 0.2) is 53.8 Å². The first-order chi connectivity index (χ1) is 14.5. The Labute approximate surface area is 178 Å². The van der Waals surface area contributed by atoms with Gasteiger partial charge in [0.2, 0.25) is 5.91 Å². The van der Waals surface area contributed by atoms with E-state index in [1.807, 2.05) is 32.0 Å². The van der Waals surface area contributed by atoms with Crippen LogP contribution in [-0.4, -0.2) is 22.0 Å². The lowest BCUT2D eigenvalue weighted by atomic mass is 10.1. The molecule has 3 rings (SSSR count). The lowest BCUT2D eigenvalue weighted by molar-refractivity contribution is -0.115. The summed E-state index contributed by atoms with van der Waals surface area (Å²) in [5, 5.41) is 6.90. The summed E-state index contributed by atoms with van der Waals surface area (Å²) >= 11 is 1.41. The van der Waals surface area contributed by atoms with Gasteiger partial charge in [-0.1, -0.05) is 35.4 Å². The molecule has 8 nitrogen and oxygen atoms in total. The minimum Gasteiger partial charge on any atom is -0.490 e. The molecule has 1 atom stereocenters. The number of benzene rings is 1. The van der Waals surface area contributed by atoms with Gasteiger partial charge in [0.05, 0.1) is 30.5 Å². The third kappa shape index (κ3) is 6.58. The van der Waals surface area contributed by atoms with Gasteiger partial charge in [-0.05, 0) is 24.9 Å². The van der Waals surface area contributed by atoms with E-state index in [1.165, 1.54) is 16.9 Å². The smallest absolute Gasteiger partial charge is 0.232 e. The first-order valence-electron chi connectivity index (χ1n) is 9.45. The molecule has 0 aliphatic carbocycles. The number of carbonyl (C=O) groups is 1.